The third-order valence-electron chi connectivity index (χ3n) is 5.35. The van der Waals surface area contributed by atoms with E-state index in [9.17, 15) is 4.39 Å². The maximum Gasteiger partial charge on any atom is 0.126 e. The lowest BCUT2D eigenvalue weighted by atomic mass is 9.71. The molecule has 3 rings (SSSR count). The molecule has 0 aromatic heterocycles. The van der Waals surface area contributed by atoms with E-state index in [2.05, 4.69) is 5.32 Å². The zero-order chi connectivity index (χ0) is 13.8. The molecule has 20 heavy (non-hydrogen) atoms. The first-order chi connectivity index (χ1) is 9.86. The van der Waals surface area contributed by atoms with E-state index in [1.165, 1.54) is 44.9 Å². The summed E-state index contributed by atoms with van der Waals surface area (Å²) in [5, 5.41) is 3.48. The predicted molar refractivity (Wildman–Crippen MR) is 81.3 cm³/mol. The van der Waals surface area contributed by atoms with Crippen LogP contribution in [0.25, 0.3) is 0 Å². The first kappa shape index (κ1) is 14.1. The van der Waals surface area contributed by atoms with Crippen LogP contribution in [0.15, 0.2) is 24.3 Å². The standard InChI is InChI=1S/C18H26FN/c19-18-10-6-5-9-16(18)17-13-20-12-11-15(17)14-7-3-1-2-4-8-14/h5-6,9-10,14-15,17,20H,1-4,7-8,11-13H2. The van der Waals surface area contributed by atoms with Crippen LogP contribution in [-0.4, -0.2) is 13.1 Å². The Morgan fingerprint density at radius 1 is 0.950 bits per heavy atom. The summed E-state index contributed by atoms with van der Waals surface area (Å²) in [5.41, 5.74) is 0.939. The lowest BCUT2D eigenvalue weighted by molar-refractivity contribution is 0.203. The van der Waals surface area contributed by atoms with E-state index in [4.69, 9.17) is 0 Å². The van der Waals surface area contributed by atoms with Crippen LogP contribution in [0.2, 0.25) is 0 Å². The van der Waals surface area contributed by atoms with E-state index in [1.807, 2.05) is 12.1 Å². The molecule has 1 aromatic rings. The van der Waals surface area contributed by atoms with Gasteiger partial charge in [0.25, 0.3) is 0 Å². The zero-order valence-corrected chi connectivity index (χ0v) is 12.3. The van der Waals surface area contributed by atoms with Crippen molar-refractivity contribution in [2.24, 2.45) is 11.8 Å². The molecule has 1 aromatic carbocycles. The van der Waals surface area contributed by atoms with Gasteiger partial charge in [0.05, 0.1) is 0 Å². The number of hydrogen-bond acceptors (Lipinski definition) is 1. The Morgan fingerprint density at radius 3 is 2.45 bits per heavy atom. The second-order valence-electron chi connectivity index (χ2n) is 6.54. The number of halogens is 1. The van der Waals surface area contributed by atoms with Gasteiger partial charge in [0.1, 0.15) is 5.82 Å². The van der Waals surface area contributed by atoms with Gasteiger partial charge < -0.3 is 5.32 Å². The highest BCUT2D eigenvalue weighted by Gasteiger charge is 2.33. The first-order valence-electron chi connectivity index (χ1n) is 8.31. The molecule has 0 bridgehead atoms. The van der Waals surface area contributed by atoms with Gasteiger partial charge in [0.2, 0.25) is 0 Å². The number of nitrogens with one attached hydrogen (secondary N) is 1. The average molecular weight is 275 g/mol. The minimum Gasteiger partial charge on any atom is -0.316 e. The SMILES string of the molecule is Fc1ccccc1C1CNCCC1C1CCCCCC1. The van der Waals surface area contributed by atoms with E-state index < -0.39 is 0 Å². The van der Waals surface area contributed by atoms with E-state index in [0.29, 0.717) is 11.8 Å². The molecule has 1 N–H and O–H groups in total. The Labute approximate surface area is 122 Å². The van der Waals surface area contributed by atoms with E-state index in [0.717, 1.165) is 24.6 Å². The topological polar surface area (TPSA) is 12.0 Å². The van der Waals surface area contributed by atoms with Crippen LogP contribution in [0, 0.1) is 17.7 Å². The summed E-state index contributed by atoms with van der Waals surface area (Å²) >= 11 is 0. The molecule has 0 radical (unpaired) electrons. The molecule has 1 nitrogen and oxygen atoms in total. The molecule has 2 fully saturated rings. The molecule has 2 aliphatic rings. The summed E-state index contributed by atoms with van der Waals surface area (Å²) in [6.07, 6.45) is 9.46. The Hall–Kier alpha value is -0.890. The van der Waals surface area contributed by atoms with Crippen molar-refractivity contribution in [3.05, 3.63) is 35.6 Å². The van der Waals surface area contributed by atoms with Crippen molar-refractivity contribution in [2.45, 2.75) is 50.9 Å². The predicted octanol–water partition coefficient (Wildman–Crippen LogP) is 4.49. The van der Waals surface area contributed by atoms with Crippen LogP contribution in [0.5, 0.6) is 0 Å². The number of piperidine rings is 1. The van der Waals surface area contributed by atoms with Crippen LogP contribution in [0.1, 0.15) is 56.4 Å². The second-order valence-corrected chi connectivity index (χ2v) is 6.54. The Bertz CT molecular complexity index is 423. The molecule has 2 heteroatoms. The van der Waals surface area contributed by atoms with Crippen molar-refractivity contribution in [1.82, 2.24) is 5.32 Å². The fraction of sp³-hybridized carbons (Fsp3) is 0.667. The Kier molecular flexibility index (Phi) is 4.72. The molecule has 0 amide bonds. The minimum absolute atomic E-state index is 0.0141. The van der Waals surface area contributed by atoms with Crippen LogP contribution in [0.4, 0.5) is 4.39 Å². The van der Waals surface area contributed by atoms with Gasteiger partial charge in [-0.2, -0.15) is 0 Å². The summed E-state index contributed by atoms with van der Waals surface area (Å²) in [5.74, 6) is 1.84. The van der Waals surface area contributed by atoms with Gasteiger partial charge in [-0.1, -0.05) is 56.7 Å². The largest absolute Gasteiger partial charge is 0.316 e. The highest BCUT2D eigenvalue weighted by molar-refractivity contribution is 5.24. The summed E-state index contributed by atoms with van der Waals surface area (Å²) in [7, 11) is 0. The molecule has 1 saturated heterocycles. The van der Waals surface area contributed by atoms with Gasteiger partial charge in [-0.3, -0.25) is 0 Å². The number of benzene rings is 1. The van der Waals surface area contributed by atoms with Gasteiger partial charge in [-0.15, -0.1) is 0 Å². The van der Waals surface area contributed by atoms with Crippen molar-refractivity contribution in [2.75, 3.05) is 13.1 Å². The zero-order valence-electron chi connectivity index (χ0n) is 12.3. The summed E-state index contributed by atoms with van der Waals surface area (Å²) < 4.78 is 14.2. The van der Waals surface area contributed by atoms with Crippen molar-refractivity contribution in [3.8, 4) is 0 Å². The highest BCUT2D eigenvalue weighted by atomic mass is 19.1. The highest BCUT2D eigenvalue weighted by Crippen LogP contribution is 2.41. The van der Waals surface area contributed by atoms with Gasteiger partial charge in [-0.05, 0) is 36.4 Å². The third kappa shape index (κ3) is 3.06. The van der Waals surface area contributed by atoms with Crippen molar-refractivity contribution < 1.29 is 4.39 Å². The Morgan fingerprint density at radius 2 is 1.70 bits per heavy atom. The van der Waals surface area contributed by atoms with Gasteiger partial charge in [0, 0.05) is 12.5 Å². The molecule has 2 unspecified atom stereocenters. The normalized spacial score (nSPS) is 29.1. The van der Waals surface area contributed by atoms with Crippen molar-refractivity contribution in [1.29, 1.82) is 0 Å². The number of hydrogen-bond donors (Lipinski definition) is 1. The number of rotatable bonds is 2. The smallest absolute Gasteiger partial charge is 0.126 e. The fourth-order valence-electron chi connectivity index (χ4n) is 4.30. The molecule has 1 saturated carbocycles. The van der Waals surface area contributed by atoms with E-state index in [-0.39, 0.29) is 5.82 Å². The quantitative estimate of drug-likeness (QED) is 0.784. The summed E-state index contributed by atoms with van der Waals surface area (Å²) in [6, 6.07) is 7.40. The lowest BCUT2D eigenvalue weighted by Gasteiger charge is -2.38. The third-order valence-corrected chi connectivity index (χ3v) is 5.35. The maximum absolute atomic E-state index is 14.2. The molecular formula is C18H26FN. The van der Waals surface area contributed by atoms with Crippen LogP contribution in [-0.2, 0) is 0 Å². The van der Waals surface area contributed by atoms with Crippen LogP contribution < -0.4 is 5.32 Å². The molecule has 2 atom stereocenters. The molecule has 0 spiro atoms. The van der Waals surface area contributed by atoms with E-state index in [1.54, 1.807) is 12.1 Å². The van der Waals surface area contributed by atoms with Gasteiger partial charge in [0.15, 0.2) is 0 Å². The van der Waals surface area contributed by atoms with Crippen LogP contribution in [0.3, 0.4) is 0 Å². The van der Waals surface area contributed by atoms with Gasteiger partial charge in [-0.25, -0.2) is 4.39 Å². The first-order valence-corrected chi connectivity index (χ1v) is 8.31. The Balaban J connectivity index is 1.81. The lowest BCUT2D eigenvalue weighted by Crippen LogP contribution is -2.38. The minimum atomic E-state index is -0.0141. The second kappa shape index (κ2) is 6.71. The van der Waals surface area contributed by atoms with Crippen LogP contribution >= 0.6 is 0 Å². The van der Waals surface area contributed by atoms with Crippen molar-refractivity contribution >= 4 is 0 Å². The summed E-state index contributed by atoms with van der Waals surface area (Å²) in [6.45, 7) is 2.05. The molecule has 1 heterocycles. The molecule has 110 valence electrons. The summed E-state index contributed by atoms with van der Waals surface area (Å²) in [4.78, 5) is 0. The van der Waals surface area contributed by atoms with E-state index >= 15 is 0 Å². The molecule has 1 aliphatic heterocycles. The fourth-order valence-corrected chi connectivity index (χ4v) is 4.30. The molecular weight excluding hydrogens is 249 g/mol. The maximum atomic E-state index is 14.2. The van der Waals surface area contributed by atoms with Crippen molar-refractivity contribution in [3.63, 3.8) is 0 Å². The molecule has 1 aliphatic carbocycles. The van der Waals surface area contributed by atoms with Gasteiger partial charge >= 0.3 is 0 Å². The average Bonchev–Trinajstić information content (AvgIpc) is 2.77. The monoisotopic (exact) mass is 275 g/mol.